The second kappa shape index (κ2) is 12.1. The molecule has 1 amide bonds. The average Bonchev–Trinajstić information content (AvgIpc) is 2.57. The van der Waals surface area contributed by atoms with Crippen molar-refractivity contribution >= 4 is 11.9 Å². The van der Waals surface area contributed by atoms with Crippen molar-refractivity contribution in [2.24, 2.45) is 16.8 Å². The van der Waals surface area contributed by atoms with Crippen molar-refractivity contribution in [3.63, 3.8) is 0 Å². The fraction of sp³-hybridized carbons (Fsp3) is 0.889. The molecule has 0 saturated carbocycles. The third-order valence-electron chi connectivity index (χ3n) is 4.16. The van der Waals surface area contributed by atoms with Gasteiger partial charge in [0.25, 0.3) is 0 Å². The van der Waals surface area contributed by atoms with Crippen LogP contribution in [0, 0.1) is 11.8 Å². The number of hydrogen-bond acceptors (Lipinski definition) is 3. The molecule has 1 aliphatic rings. The number of nitrogens with zero attached hydrogens (tertiary/aromatic N) is 2. The molecule has 0 aromatic carbocycles. The molecular weight excluding hydrogens is 304 g/mol. The molecule has 0 radical (unpaired) electrons. The zero-order valence-electron chi connectivity index (χ0n) is 15.9. The van der Waals surface area contributed by atoms with Crippen LogP contribution in [0.4, 0.5) is 0 Å². The lowest BCUT2D eigenvalue weighted by molar-refractivity contribution is -0.121. The van der Waals surface area contributed by atoms with Crippen LogP contribution in [0.3, 0.4) is 0 Å². The molecule has 1 aliphatic heterocycles. The Morgan fingerprint density at radius 3 is 2.62 bits per heavy atom. The van der Waals surface area contributed by atoms with E-state index in [1.165, 1.54) is 0 Å². The topological polar surface area (TPSA) is 66.0 Å². The van der Waals surface area contributed by atoms with Gasteiger partial charge in [0.15, 0.2) is 5.96 Å². The second-order valence-corrected chi connectivity index (χ2v) is 6.87. The van der Waals surface area contributed by atoms with E-state index in [2.05, 4.69) is 36.3 Å². The van der Waals surface area contributed by atoms with E-state index in [0.717, 1.165) is 64.6 Å². The van der Waals surface area contributed by atoms with Gasteiger partial charge >= 0.3 is 0 Å². The minimum absolute atomic E-state index is 0.149. The van der Waals surface area contributed by atoms with Crippen LogP contribution in [0.1, 0.15) is 46.5 Å². The van der Waals surface area contributed by atoms with E-state index in [4.69, 9.17) is 9.73 Å². The highest BCUT2D eigenvalue weighted by molar-refractivity contribution is 5.80. The van der Waals surface area contributed by atoms with Crippen LogP contribution in [0.25, 0.3) is 0 Å². The Kier molecular flexibility index (Phi) is 10.5. The van der Waals surface area contributed by atoms with Gasteiger partial charge in [0, 0.05) is 52.9 Å². The highest BCUT2D eigenvalue weighted by Gasteiger charge is 2.22. The molecule has 0 spiro atoms. The number of likely N-dealkylation sites (tertiary alicyclic amines) is 1. The molecule has 0 aromatic heterocycles. The summed E-state index contributed by atoms with van der Waals surface area (Å²) in [6.45, 7) is 11.6. The van der Waals surface area contributed by atoms with Crippen LogP contribution in [0.15, 0.2) is 4.99 Å². The van der Waals surface area contributed by atoms with Crippen molar-refractivity contribution in [1.82, 2.24) is 15.5 Å². The first kappa shape index (κ1) is 20.7. The van der Waals surface area contributed by atoms with E-state index in [9.17, 15) is 4.79 Å². The third-order valence-corrected chi connectivity index (χ3v) is 4.16. The maximum Gasteiger partial charge on any atom is 0.220 e. The van der Waals surface area contributed by atoms with Crippen LogP contribution in [0.2, 0.25) is 0 Å². The Bertz CT molecular complexity index is 377. The summed E-state index contributed by atoms with van der Waals surface area (Å²) in [5.74, 6) is 2.23. The van der Waals surface area contributed by atoms with E-state index >= 15 is 0 Å². The Labute approximate surface area is 147 Å². The summed E-state index contributed by atoms with van der Waals surface area (Å²) < 4.78 is 5.60. The molecule has 0 atom stereocenters. The van der Waals surface area contributed by atoms with Crippen LogP contribution in [0.5, 0.6) is 0 Å². The third kappa shape index (κ3) is 8.52. The monoisotopic (exact) mass is 340 g/mol. The molecule has 1 heterocycles. The first-order valence-electron chi connectivity index (χ1n) is 9.38. The number of amides is 1. The molecule has 1 saturated heterocycles. The summed E-state index contributed by atoms with van der Waals surface area (Å²) in [5, 5.41) is 6.10. The van der Waals surface area contributed by atoms with Crippen molar-refractivity contribution < 1.29 is 9.53 Å². The van der Waals surface area contributed by atoms with Crippen molar-refractivity contribution in [2.75, 3.05) is 46.4 Å². The molecule has 6 nitrogen and oxygen atoms in total. The lowest BCUT2D eigenvalue weighted by atomic mass is 9.93. The minimum atomic E-state index is 0.149. The number of piperidine rings is 1. The van der Waals surface area contributed by atoms with Gasteiger partial charge in [0.1, 0.15) is 0 Å². The van der Waals surface area contributed by atoms with Crippen molar-refractivity contribution in [2.45, 2.75) is 46.5 Å². The molecule has 6 heteroatoms. The predicted octanol–water partition coefficient (Wildman–Crippen LogP) is 1.86. The Morgan fingerprint density at radius 1 is 1.33 bits per heavy atom. The van der Waals surface area contributed by atoms with E-state index in [1.54, 1.807) is 7.05 Å². The summed E-state index contributed by atoms with van der Waals surface area (Å²) in [5.41, 5.74) is 0. The van der Waals surface area contributed by atoms with Crippen molar-refractivity contribution in [3.05, 3.63) is 0 Å². The van der Waals surface area contributed by atoms with E-state index in [0.29, 0.717) is 18.3 Å². The van der Waals surface area contributed by atoms with E-state index < -0.39 is 0 Å². The van der Waals surface area contributed by atoms with Gasteiger partial charge in [-0.05, 0) is 38.0 Å². The van der Waals surface area contributed by atoms with Gasteiger partial charge in [-0.1, -0.05) is 13.8 Å². The second-order valence-electron chi connectivity index (χ2n) is 6.87. The maximum atomic E-state index is 11.5. The minimum Gasteiger partial charge on any atom is -0.381 e. The average molecular weight is 341 g/mol. The number of ether oxygens (including phenoxy) is 1. The Balaban J connectivity index is 2.34. The van der Waals surface area contributed by atoms with Gasteiger partial charge in [-0.25, -0.2) is 0 Å². The summed E-state index contributed by atoms with van der Waals surface area (Å²) >= 11 is 0. The number of carbonyl (C=O) groups excluding carboxylic acids is 1. The van der Waals surface area contributed by atoms with E-state index in [-0.39, 0.29) is 5.91 Å². The Morgan fingerprint density at radius 2 is 2.04 bits per heavy atom. The summed E-state index contributed by atoms with van der Waals surface area (Å²) in [6.07, 6.45) is 3.70. The number of hydrogen-bond donors (Lipinski definition) is 2. The molecule has 1 fully saturated rings. The van der Waals surface area contributed by atoms with Gasteiger partial charge in [0.05, 0.1) is 0 Å². The van der Waals surface area contributed by atoms with Crippen LogP contribution in [-0.2, 0) is 9.53 Å². The lowest BCUT2D eigenvalue weighted by Crippen LogP contribution is -2.46. The largest absolute Gasteiger partial charge is 0.381 e. The molecule has 0 bridgehead atoms. The highest BCUT2D eigenvalue weighted by Crippen LogP contribution is 2.20. The normalized spacial score (nSPS) is 16.5. The molecule has 0 aliphatic carbocycles. The summed E-state index contributed by atoms with van der Waals surface area (Å²) in [6, 6.07) is 0. The number of aliphatic imine (C=N–C) groups is 1. The van der Waals surface area contributed by atoms with Gasteiger partial charge in [-0.15, -0.1) is 0 Å². The van der Waals surface area contributed by atoms with Crippen molar-refractivity contribution in [3.8, 4) is 0 Å². The molecule has 0 unspecified atom stereocenters. The van der Waals surface area contributed by atoms with Crippen LogP contribution < -0.4 is 10.6 Å². The number of guanidine groups is 1. The SMILES string of the molecule is CCNC(=NCCCOCC(C)C)N1CCC(CC(=O)NC)CC1. The summed E-state index contributed by atoms with van der Waals surface area (Å²) in [4.78, 5) is 18.5. The zero-order chi connectivity index (χ0) is 17.8. The smallest absolute Gasteiger partial charge is 0.220 e. The Hall–Kier alpha value is -1.30. The molecule has 0 aromatic rings. The van der Waals surface area contributed by atoms with Crippen LogP contribution in [-0.4, -0.2) is 63.2 Å². The number of nitrogens with one attached hydrogen (secondary N) is 2. The number of rotatable bonds is 9. The first-order chi connectivity index (χ1) is 11.6. The fourth-order valence-electron chi connectivity index (χ4n) is 2.81. The van der Waals surface area contributed by atoms with Gasteiger partial charge < -0.3 is 20.3 Å². The molecule has 1 rings (SSSR count). The first-order valence-corrected chi connectivity index (χ1v) is 9.38. The molecule has 24 heavy (non-hydrogen) atoms. The molecular formula is C18H36N4O2. The quantitative estimate of drug-likeness (QED) is 0.382. The van der Waals surface area contributed by atoms with E-state index in [1.807, 2.05) is 0 Å². The zero-order valence-corrected chi connectivity index (χ0v) is 15.9. The van der Waals surface area contributed by atoms with Crippen molar-refractivity contribution in [1.29, 1.82) is 0 Å². The van der Waals surface area contributed by atoms with Gasteiger partial charge in [-0.3, -0.25) is 9.79 Å². The molecule has 2 N–H and O–H groups in total. The van der Waals surface area contributed by atoms with Gasteiger partial charge in [-0.2, -0.15) is 0 Å². The van der Waals surface area contributed by atoms with Gasteiger partial charge in [0.2, 0.25) is 5.91 Å². The number of carbonyl (C=O) groups is 1. The lowest BCUT2D eigenvalue weighted by Gasteiger charge is -2.34. The highest BCUT2D eigenvalue weighted by atomic mass is 16.5. The maximum absolute atomic E-state index is 11.5. The van der Waals surface area contributed by atoms with Crippen LogP contribution >= 0.6 is 0 Å². The standard InChI is InChI=1S/C18H36N4O2/c1-5-20-18(21-9-6-12-24-14-15(2)3)22-10-7-16(8-11-22)13-17(23)19-4/h15-16H,5-14H2,1-4H3,(H,19,23)(H,20,21). The molecule has 140 valence electrons. The summed E-state index contributed by atoms with van der Waals surface area (Å²) in [7, 11) is 1.71. The fourth-order valence-corrected chi connectivity index (χ4v) is 2.81. The predicted molar refractivity (Wildman–Crippen MR) is 99.2 cm³/mol.